The van der Waals surface area contributed by atoms with Crippen LogP contribution in [0.3, 0.4) is 0 Å². The zero-order valence-corrected chi connectivity index (χ0v) is 20.0. The van der Waals surface area contributed by atoms with E-state index < -0.39 is 40.9 Å². The van der Waals surface area contributed by atoms with Crippen LogP contribution in [0.4, 0.5) is 13.2 Å². The third-order valence-electron chi connectivity index (χ3n) is 6.52. The SMILES string of the molecule is O=C(NC(Cc1ccc(-c2c(Cl)cc(F)cc2Cl)c2c1C1CC1CO2)C(=O)O)c1c(F)cccc1F. The number of nitrogens with one attached hydrogen (secondary N) is 1. The molecule has 2 N–H and O–H groups in total. The number of amides is 1. The highest BCUT2D eigenvalue weighted by Crippen LogP contribution is 2.58. The first-order valence-corrected chi connectivity index (χ1v) is 11.8. The average molecular weight is 536 g/mol. The molecule has 0 aromatic heterocycles. The smallest absolute Gasteiger partial charge is 0.326 e. The third-order valence-corrected chi connectivity index (χ3v) is 7.11. The topological polar surface area (TPSA) is 75.6 Å². The van der Waals surface area contributed by atoms with Crippen LogP contribution in [0.1, 0.15) is 33.8 Å². The van der Waals surface area contributed by atoms with Crippen LogP contribution in [0.25, 0.3) is 11.1 Å². The molecule has 3 unspecified atom stereocenters. The first-order valence-electron chi connectivity index (χ1n) is 11.1. The van der Waals surface area contributed by atoms with Gasteiger partial charge in [0.05, 0.1) is 16.7 Å². The summed E-state index contributed by atoms with van der Waals surface area (Å²) in [6.45, 7) is 0.455. The predicted molar refractivity (Wildman–Crippen MR) is 127 cm³/mol. The summed E-state index contributed by atoms with van der Waals surface area (Å²) in [5.41, 5.74) is 1.43. The maximum Gasteiger partial charge on any atom is 0.326 e. The highest BCUT2D eigenvalue weighted by Gasteiger charge is 2.46. The van der Waals surface area contributed by atoms with Crippen molar-refractivity contribution in [3.63, 3.8) is 0 Å². The highest BCUT2D eigenvalue weighted by atomic mass is 35.5. The molecule has 1 amide bonds. The van der Waals surface area contributed by atoms with Gasteiger partial charge in [-0.1, -0.05) is 41.4 Å². The Morgan fingerprint density at radius 3 is 2.39 bits per heavy atom. The van der Waals surface area contributed by atoms with Crippen LogP contribution >= 0.6 is 23.2 Å². The minimum Gasteiger partial charge on any atom is -0.492 e. The fraction of sp³-hybridized carbons (Fsp3) is 0.231. The van der Waals surface area contributed by atoms with Gasteiger partial charge in [0, 0.05) is 29.0 Å². The second kappa shape index (κ2) is 9.33. The highest BCUT2D eigenvalue weighted by molar-refractivity contribution is 6.39. The number of rotatable bonds is 6. The number of aliphatic carboxylic acids is 1. The number of halogens is 5. The lowest BCUT2D eigenvalue weighted by molar-refractivity contribution is -0.139. The molecule has 3 aromatic rings. The summed E-state index contributed by atoms with van der Waals surface area (Å²) in [4.78, 5) is 24.6. The molecule has 1 saturated carbocycles. The first-order chi connectivity index (χ1) is 17.2. The normalized spacial score (nSPS) is 18.5. The van der Waals surface area contributed by atoms with E-state index in [9.17, 15) is 27.9 Å². The lowest BCUT2D eigenvalue weighted by atomic mass is 9.89. The molecule has 10 heteroatoms. The Morgan fingerprint density at radius 2 is 1.75 bits per heavy atom. The van der Waals surface area contributed by atoms with Crippen molar-refractivity contribution in [2.75, 3.05) is 6.61 Å². The number of benzene rings is 3. The summed E-state index contributed by atoms with van der Waals surface area (Å²) in [5.74, 6) is -4.49. The number of hydrogen-bond acceptors (Lipinski definition) is 3. The van der Waals surface area contributed by atoms with E-state index in [1.165, 1.54) is 0 Å². The molecule has 5 rings (SSSR count). The maximum atomic E-state index is 14.0. The van der Waals surface area contributed by atoms with Crippen LogP contribution in [0.15, 0.2) is 42.5 Å². The Balaban J connectivity index is 1.52. The molecule has 5 nitrogen and oxygen atoms in total. The van der Waals surface area contributed by atoms with Crippen molar-refractivity contribution in [1.29, 1.82) is 0 Å². The Bertz CT molecular complexity index is 1370. The Hall–Kier alpha value is -3.23. The minimum absolute atomic E-state index is 0.0964. The van der Waals surface area contributed by atoms with Crippen LogP contribution in [0.5, 0.6) is 5.75 Å². The van der Waals surface area contributed by atoms with Crippen molar-refractivity contribution in [3.05, 3.63) is 86.7 Å². The van der Waals surface area contributed by atoms with E-state index in [-0.39, 0.29) is 28.3 Å². The molecule has 186 valence electrons. The Labute approximate surface area is 213 Å². The van der Waals surface area contributed by atoms with E-state index in [0.717, 1.165) is 42.3 Å². The molecule has 0 bridgehead atoms. The van der Waals surface area contributed by atoms with E-state index in [2.05, 4.69) is 5.32 Å². The summed E-state index contributed by atoms with van der Waals surface area (Å²) in [7, 11) is 0. The summed E-state index contributed by atoms with van der Waals surface area (Å²) in [5, 5.41) is 12.2. The number of carbonyl (C=O) groups is 2. The summed E-state index contributed by atoms with van der Waals surface area (Å²) >= 11 is 12.6. The standard InChI is InChI=1S/C26H18Cl2F3NO4/c27-16-8-13(29)9-17(28)22(16)14-5-4-11(21-15-6-12(15)10-36-24(14)21)7-20(26(34)35)32-25(33)23-18(30)2-1-3-19(23)31/h1-5,8-9,12,15,20H,6-7,10H2,(H,32,33)(H,34,35). The van der Waals surface area contributed by atoms with Gasteiger partial charge in [0.15, 0.2) is 0 Å². The zero-order chi connectivity index (χ0) is 25.7. The van der Waals surface area contributed by atoms with Crippen molar-refractivity contribution in [2.24, 2.45) is 5.92 Å². The van der Waals surface area contributed by atoms with E-state index in [0.29, 0.717) is 29.0 Å². The number of fused-ring (bicyclic) bond motifs is 3. The van der Waals surface area contributed by atoms with Crippen LogP contribution in [0, 0.1) is 23.4 Å². The van der Waals surface area contributed by atoms with E-state index in [1.54, 1.807) is 12.1 Å². The number of carboxylic acids is 1. The molecule has 0 spiro atoms. The minimum atomic E-state index is -1.47. The van der Waals surface area contributed by atoms with Gasteiger partial charge in [0.1, 0.15) is 34.8 Å². The Morgan fingerprint density at radius 1 is 1.08 bits per heavy atom. The largest absolute Gasteiger partial charge is 0.492 e. The quantitative estimate of drug-likeness (QED) is 0.406. The predicted octanol–water partition coefficient (Wildman–Crippen LogP) is 6.00. The third kappa shape index (κ3) is 4.40. The summed E-state index contributed by atoms with van der Waals surface area (Å²) in [6.07, 6.45) is 0.677. The molecule has 36 heavy (non-hydrogen) atoms. The monoisotopic (exact) mass is 535 g/mol. The number of hydrogen-bond donors (Lipinski definition) is 2. The zero-order valence-electron chi connectivity index (χ0n) is 18.5. The molecule has 0 saturated heterocycles. The van der Waals surface area contributed by atoms with Gasteiger partial charge >= 0.3 is 5.97 Å². The molecule has 1 heterocycles. The second-order valence-corrected chi connectivity index (χ2v) is 9.65. The van der Waals surface area contributed by atoms with Crippen LogP contribution in [-0.4, -0.2) is 29.6 Å². The van der Waals surface area contributed by atoms with Crippen LogP contribution < -0.4 is 10.1 Å². The van der Waals surface area contributed by atoms with Crippen LogP contribution in [-0.2, 0) is 11.2 Å². The average Bonchev–Trinajstić information content (AvgIpc) is 3.59. The van der Waals surface area contributed by atoms with E-state index >= 15 is 0 Å². The van der Waals surface area contributed by atoms with Crippen LogP contribution in [0.2, 0.25) is 10.0 Å². The second-order valence-electron chi connectivity index (χ2n) is 8.84. The molecule has 3 atom stereocenters. The van der Waals surface area contributed by atoms with E-state index in [4.69, 9.17) is 27.9 Å². The fourth-order valence-electron chi connectivity index (χ4n) is 4.72. The van der Waals surface area contributed by atoms with Gasteiger partial charge in [-0.3, -0.25) is 4.79 Å². The molecule has 1 fully saturated rings. The van der Waals surface area contributed by atoms with Gasteiger partial charge < -0.3 is 15.2 Å². The molecule has 0 radical (unpaired) electrons. The van der Waals surface area contributed by atoms with Gasteiger partial charge in [-0.25, -0.2) is 18.0 Å². The van der Waals surface area contributed by atoms with Gasteiger partial charge in [-0.2, -0.15) is 0 Å². The maximum absolute atomic E-state index is 14.0. The molecular formula is C26H18Cl2F3NO4. The lowest BCUT2D eigenvalue weighted by Crippen LogP contribution is -2.43. The Kier molecular flexibility index (Phi) is 6.34. The first kappa shape index (κ1) is 24.5. The van der Waals surface area contributed by atoms with Gasteiger partial charge in [0.25, 0.3) is 5.91 Å². The molecule has 1 aliphatic carbocycles. The molecular weight excluding hydrogens is 518 g/mol. The van der Waals surface area contributed by atoms with Crippen molar-refractivity contribution in [3.8, 4) is 16.9 Å². The lowest BCUT2D eigenvalue weighted by Gasteiger charge is -2.25. The van der Waals surface area contributed by atoms with Gasteiger partial charge in [-0.15, -0.1) is 0 Å². The van der Waals surface area contributed by atoms with E-state index in [1.807, 2.05) is 0 Å². The summed E-state index contributed by atoms with van der Waals surface area (Å²) in [6, 6.07) is 7.09. The van der Waals surface area contributed by atoms with Crippen molar-refractivity contribution in [1.82, 2.24) is 5.32 Å². The fourth-order valence-corrected chi connectivity index (χ4v) is 5.38. The molecule has 1 aliphatic heterocycles. The number of ether oxygens (including phenoxy) is 1. The molecule has 3 aromatic carbocycles. The number of carbonyl (C=O) groups excluding carboxylic acids is 1. The van der Waals surface area contributed by atoms with Crippen molar-refractivity contribution in [2.45, 2.75) is 24.8 Å². The molecule has 2 aliphatic rings. The summed E-state index contributed by atoms with van der Waals surface area (Å²) < 4.78 is 47.9. The number of carboxylic acid groups (broad SMARTS) is 1. The van der Waals surface area contributed by atoms with Crippen molar-refractivity contribution < 1.29 is 32.6 Å². The van der Waals surface area contributed by atoms with Crippen molar-refractivity contribution >= 4 is 35.1 Å². The van der Waals surface area contributed by atoms with Gasteiger partial charge in [-0.05, 0) is 42.2 Å². The van der Waals surface area contributed by atoms with Gasteiger partial charge in [0.2, 0.25) is 0 Å².